The molecule has 1 N–H and O–H groups in total. The molecule has 1 aromatic heterocycles. The van der Waals surface area contributed by atoms with Crippen LogP contribution < -0.4 is 0 Å². The molecule has 112 valence electrons. The average molecular weight is 297 g/mol. The molecule has 5 nitrogen and oxygen atoms in total. The molecule has 1 atom stereocenters. The summed E-state index contributed by atoms with van der Waals surface area (Å²) in [6, 6.07) is 1.98. The molecular formula is C14H23N3O2S. The SMILES string of the molecule is O=S(=O)(C1CCCC1)N1CCC[C@@H](Cc2ccn[nH]2)C1. The third-order valence-corrected chi connectivity index (χ3v) is 7.00. The van der Waals surface area contributed by atoms with E-state index in [2.05, 4.69) is 10.2 Å². The molecule has 3 rings (SSSR count). The van der Waals surface area contributed by atoms with Crippen LogP contribution in [0.3, 0.4) is 0 Å². The minimum Gasteiger partial charge on any atom is -0.283 e. The first kappa shape index (κ1) is 14.1. The van der Waals surface area contributed by atoms with Crippen LogP contribution in [0.25, 0.3) is 0 Å². The molecule has 1 saturated heterocycles. The van der Waals surface area contributed by atoms with Crippen LogP contribution in [-0.2, 0) is 16.4 Å². The van der Waals surface area contributed by atoms with Gasteiger partial charge in [-0.1, -0.05) is 12.8 Å². The molecule has 1 aromatic rings. The molecule has 0 aromatic carbocycles. The first-order valence-corrected chi connectivity index (χ1v) is 9.14. The third kappa shape index (κ3) is 2.91. The van der Waals surface area contributed by atoms with Crippen molar-refractivity contribution in [3.05, 3.63) is 18.0 Å². The van der Waals surface area contributed by atoms with Gasteiger partial charge in [0.15, 0.2) is 0 Å². The van der Waals surface area contributed by atoms with Crippen LogP contribution >= 0.6 is 0 Å². The molecule has 6 heteroatoms. The standard InChI is InChI=1S/C14H23N3O2S/c18-20(19,14-5-1-2-6-14)17-9-3-4-12(11-17)10-13-7-8-15-16-13/h7-8,12,14H,1-6,9-11H2,(H,15,16)/t12-/m0/s1. The van der Waals surface area contributed by atoms with Gasteiger partial charge in [-0.2, -0.15) is 5.10 Å². The number of hydrogen-bond donors (Lipinski definition) is 1. The van der Waals surface area contributed by atoms with Crippen molar-refractivity contribution in [2.45, 2.75) is 50.2 Å². The zero-order valence-electron chi connectivity index (χ0n) is 11.8. The van der Waals surface area contributed by atoms with Gasteiger partial charge in [-0.15, -0.1) is 0 Å². The van der Waals surface area contributed by atoms with Crippen LogP contribution in [0.2, 0.25) is 0 Å². The molecule has 0 radical (unpaired) electrons. The highest BCUT2D eigenvalue weighted by molar-refractivity contribution is 7.89. The lowest BCUT2D eigenvalue weighted by atomic mass is 9.95. The van der Waals surface area contributed by atoms with Gasteiger partial charge in [0.2, 0.25) is 10.0 Å². The van der Waals surface area contributed by atoms with Crippen LogP contribution in [0.5, 0.6) is 0 Å². The topological polar surface area (TPSA) is 66.1 Å². The second-order valence-electron chi connectivity index (χ2n) is 6.10. The summed E-state index contributed by atoms with van der Waals surface area (Å²) in [5, 5.41) is 6.82. The summed E-state index contributed by atoms with van der Waals surface area (Å²) >= 11 is 0. The number of nitrogens with zero attached hydrogens (tertiary/aromatic N) is 2. The fourth-order valence-electron chi connectivity index (χ4n) is 3.53. The van der Waals surface area contributed by atoms with Crippen molar-refractivity contribution in [1.82, 2.24) is 14.5 Å². The van der Waals surface area contributed by atoms with E-state index in [0.717, 1.165) is 50.6 Å². The normalized spacial score (nSPS) is 26.1. The van der Waals surface area contributed by atoms with Gasteiger partial charge in [0.1, 0.15) is 0 Å². The predicted molar refractivity (Wildman–Crippen MR) is 77.8 cm³/mol. The Hall–Kier alpha value is -0.880. The Morgan fingerprint density at radius 2 is 2.05 bits per heavy atom. The molecule has 20 heavy (non-hydrogen) atoms. The first-order chi connectivity index (χ1) is 9.66. The van der Waals surface area contributed by atoms with Crippen LogP contribution in [-0.4, -0.2) is 41.3 Å². The van der Waals surface area contributed by atoms with E-state index in [0.29, 0.717) is 19.0 Å². The molecule has 1 saturated carbocycles. The minimum atomic E-state index is -3.07. The molecule has 0 bridgehead atoms. The first-order valence-electron chi connectivity index (χ1n) is 7.63. The fraction of sp³-hybridized carbons (Fsp3) is 0.786. The van der Waals surface area contributed by atoms with Gasteiger partial charge in [-0.05, 0) is 44.1 Å². The quantitative estimate of drug-likeness (QED) is 0.923. The summed E-state index contributed by atoms with van der Waals surface area (Å²) in [5.74, 6) is 0.417. The number of aromatic amines is 1. The predicted octanol–water partition coefficient (Wildman–Crippen LogP) is 1.94. The van der Waals surface area contributed by atoms with Crippen molar-refractivity contribution < 1.29 is 8.42 Å². The van der Waals surface area contributed by atoms with Gasteiger partial charge in [0, 0.05) is 25.0 Å². The average Bonchev–Trinajstić information content (AvgIpc) is 3.12. The van der Waals surface area contributed by atoms with Gasteiger partial charge < -0.3 is 0 Å². The van der Waals surface area contributed by atoms with Crippen molar-refractivity contribution in [3.63, 3.8) is 0 Å². The van der Waals surface area contributed by atoms with E-state index >= 15 is 0 Å². The van der Waals surface area contributed by atoms with Crippen molar-refractivity contribution in [2.24, 2.45) is 5.92 Å². The van der Waals surface area contributed by atoms with Gasteiger partial charge >= 0.3 is 0 Å². The number of sulfonamides is 1. The Balaban J connectivity index is 1.65. The molecule has 0 spiro atoms. The number of nitrogens with one attached hydrogen (secondary N) is 1. The highest BCUT2D eigenvalue weighted by Crippen LogP contribution is 2.30. The monoisotopic (exact) mass is 297 g/mol. The van der Waals surface area contributed by atoms with Gasteiger partial charge in [0.05, 0.1) is 5.25 Å². The lowest BCUT2D eigenvalue weighted by Crippen LogP contribution is -2.44. The largest absolute Gasteiger partial charge is 0.283 e. The number of H-pyrrole nitrogens is 1. The second-order valence-corrected chi connectivity index (χ2v) is 8.32. The van der Waals surface area contributed by atoms with Crippen LogP contribution in [0, 0.1) is 5.92 Å². The van der Waals surface area contributed by atoms with Crippen LogP contribution in [0.4, 0.5) is 0 Å². The summed E-state index contributed by atoms with van der Waals surface area (Å²) in [7, 11) is -3.07. The summed E-state index contributed by atoms with van der Waals surface area (Å²) in [6.07, 6.45) is 8.57. The van der Waals surface area contributed by atoms with Crippen LogP contribution in [0.1, 0.15) is 44.2 Å². The highest BCUT2D eigenvalue weighted by atomic mass is 32.2. The Labute approximate surface area is 120 Å². The molecule has 0 unspecified atom stereocenters. The number of rotatable bonds is 4. The number of hydrogen-bond acceptors (Lipinski definition) is 3. The van der Waals surface area contributed by atoms with Crippen molar-refractivity contribution in [2.75, 3.05) is 13.1 Å². The van der Waals surface area contributed by atoms with E-state index in [4.69, 9.17) is 0 Å². The maximum absolute atomic E-state index is 12.6. The summed E-state index contributed by atoms with van der Waals surface area (Å²) < 4.78 is 27.0. The maximum atomic E-state index is 12.6. The van der Waals surface area contributed by atoms with Gasteiger partial charge in [-0.25, -0.2) is 12.7 Å². The molecule has 0 amide bonds. The Morgan fingerprint density at radius 3 is 2.75 bits per heavy atom. The zero-order valence-corrected chi connectivity index (χ0v) is 12.6. The molecule has 2 fully saturated rings. The second kappa shape index (κ2) is 5.85. The molecule has 1 aliphatic heterocycles. The van der Waals surface area contributed by atoms with Crippen molar-refractivity contribution >= 4 is 10.0 Å². The molecule has 1 aliphatic carbocycles. The molecule has 2 aliphatic rings. The summed E-state index contributed by atoms with van der Waals surface area (Å²) in [4.78, 5) is 0. The van der Waals surface area contributed by atoms with Gasteiger partial charge in [-0.3, -0.25) is 5.10 Å². The van der Waals surface area contributed by atoms with Gasteiger partial charge in [0.25, 0.3) is 0 Å². The lowest BCUT2D eigenvalue weighted by molar-refractivity contribution is 0.262. The van der Waals surface area contributed by atoms with E-state index in [9.17, 15) is 8.42 Å². The van der Waals surface area contributed by atoms with E-state index in [1.54, 1.807) is 10.5 Å². The Bertz CT molecular complexity index is 521. The minimum absolute atomic E-state index is 0.117. The number of piperidine rings is 1. The smallest absolute Gasteiger partial charge is 0.216 e. The summed E-state index contributed by atoms with van der Waals surface area (Å²) in [5.41, 5.74) is 1.11. The van der Waals surface area contributed by atoms with Crippen molar-refractivity contribution in [3.8, 4) is 0 Å². The Morgan fingerprint density at radius 1 is 1.25 bits per heavy atom. The summed E-state index contributed by atoms with van der Waals surface area (Å²) in [6.45, 7) is 1.39. The van der Waals surface area contributed by atoms with E-state index in [1.807, 2.05) is 6.07 Å². The highest BCUT2D eigenvalue weighted by Gasteiger charge is 2.36. The van der Waals surface area contributed by atoms with E-state index in [1.165, 1.54) is 0 Å². The van der Waals surface area contributed by atoms with E-state index in [-0.39, 0.29) is 5.25 Å². The fourth-order valence-corrected chi connectivity index (χ4v) is 5.68. The van der Waals surface area contributed by atoms with Crippen LogP contribution in [0.15, 0.2) is 12.3 Å². The Kier molecular flexibility index (Phi) is 4.12. The van der Waals surface area contributed by atoms with Crippen molar-refractivity contribution in [1.29, 1.82) is 0 Å². The maximum Gasteiger partial charge on any atom is 0.216 e. The molecule has 2 heterocycles. The zero-order chi connectivity index (χ0) is 14.0. The molecular weight excluding hydrogens is 274 g/mol. The number of aromatic nitrogens is 2. The lowest BCUT2D eigenvalue weighted by Gasteiger charge is -2.33. The van der Waals surface area contributed by atoms with E-state index < -0.39 is 10.0 Å². The third-order valence-electron chi connectivity index (χ3n) is 4.63.